The Hall–Kier alpha value is -2.81. The van der Waals surface area contributed by atoms with Crippen molar-refractivity contribution in [2.75, 3.05) is 19.0 Å². The van der Waals surface area contributed by atoms with Gasteiger partial charge in [-0.15, -0.1) is 0 Å². The molecule has 7 nitrogen and oxygen atoms in total. The van der Waals surface area contributed by atoms with E-state index in [2.05, 4.69) is 20.2 Å². The molecule has 3 fully saturated rings. The van der Waals surface area contributed by atoms with Crippen LogP contribution in [0.25, 0.3) is 11.3 Å². The van der Waals surface area contributed by atoms with Gasteiger partial charge in [0.25, 0.3) is 5.91 Å². The zero-order chi connectivity index (χ0) is 22.6. The maximum absolute atomic E-state index is 15.2. The van der Waals surface area contributed by atoms with Crippen LogP contribution >= 0.6 is 0 Å². The summed E-state index contributed by atoms with van der Waals surface area (Å²) in [5.74, 6) is -0.934. The molecule has 1 amide bonds. The van der Waals surface area contributed by atoms with Gasteiger partial charge >= 0.3 is 0 Å². The second-order valence-corrected chi connectivity index (χ2v) is 9.24. The van der Waals surface area contributed by atoms with Gasteiger partial charge < -0.3 is 20.2 Å². The van der Waals surface area contributed by atoms with Crippen molar-refractivity contribution in [2.24, 2.45) is 0 Å². The number of halogens is 2. The number of phenols is 1. The number of nitrogens with zero attached hydrogens (tertiary/aromatic N) is 4. The number of hydrogen-bond acceptors (Lipinski definition) is 6. The maximum Gasteiger partial charge on any atom is 0.256 e. The molecule has 3 aliphatic rings. The highest BCUT2D eigenvalue weighted by Gasteiger charge is 2.48. The second kappa shape index (κ2) is 7.95. The lowest BCUT2D eigenvalue weighted by Crippen LogP contribution is -2.57. The van der Waals surface area contributed by atoms with E-state index < -0.39 is 17.9 Å². The van der Waals surface area contributed by atoms with Gasteiger partial charge in [-0.25, -0.2) is 13.8 Å². The third kappa shape index (κ3) is 3.68. The van der Waals surface area contributed by atoms with Crippen molar-refractivity contribution in [1.82, 2.24) is 20.2 Å². The van der Waals surface area contributed by atoms with Gasteiger partial charge in [0.1, 0.15) is 23.6 Å². The van der Waals surface area contributed by atoms with Crippen molar-refractivity contribution in [1.29, 1.82) is 0 Å². The predicted octanol–water partition coefficient (Wildman–Crippen LogP) is 2.89. The summed E-state index contributed by atoms with van der Waals surface area (Å²) in [5, 5.41) is 13.8. The molecule has 0 spiro atoms. The Morgan fingerprint density at radius 3 is 2.59 bits per heavy atom. The number of amides is 1. The van der Waals surface area contributed by atoms with Crippen LogP contribution < -0.4 is 10.2 Å². The molecule has 3 heterocycles. The van der Waals surface area contributed by atoms with E-state index in [-0.39, 0.29) is 40.7 Å². The molecule has 32 heavy (non-hydrogen) atoms. The van der Waals surface area contributed by atoms with E-state index in [1.54, 1.807) is 6.20 Å². The zero-order valence-electron chi connectivity index (χ0n) is 18.1. The highest BCUT2D eigenvalue weighted by Crippen LogP contribution is 2.40. The Kier molecular flexibility index (Phi) is 5.23. The van der Waals surface area contributed by atoms with E-state index in [0.29, 0.717) is 11.9 Å². The van der Waals surface area contributed by atoms with E-state index in [1.165, 1.54) is 25.2 Å². The Labute approximate surface area is 185 Å². The predicted molar refractivity (Wildman–Crippen MR) is 116 cm³/mol. The fourth-order valence-electron chi connectivity index (χ4n) is 4.99. The number of alkyl halides is 1. The number of rotatable bonds is 5. The molecule has 1 aliphatic carbocycles. The smallest absolute Gasteiger partial charge is 0.256 e. The molecule has 1 saturated carbocycles. The second-order valence-electron chi connectivity index (χ2n) is 9.24. The van der Waals surface area contributed by atoms with E-state index in [1.807, 2.05) is 0 Å². The molecule has 1 aromatic heterocycles. The first-order chi connectivity index (χ1) is 15.3. The van der Waals surface area contributed by atoms with Crippen LogP contribution in [0.15, 0.2) is 24.5 Å². The van der Waals surface area contributed by atoms with Crippen LogP contribution in [-0.4, -0.2) is 70.3 Å². The zero-order valence-corrected chi connectivity index (χ0v) is 18.1. The highest BCUT2D eigenvalue weighted by molar-refractivity contribution is 5.95. The minimum Gasteiger partial charge on any atom is -0.507 e. The quantitative estimate of drug-likeness (QED) is 0.740. The summed E-state index contributed by atoms with van der Waals surface area (Å²) in [6.45, 7) is 0. The average Bonchev–Trinajstić information content (AvgIpc) is 3.53. The van der Waals surface area contributed by atoms with Gasteiger partial charge in [0.2, 0.25) is 0 Å². The van der Waals surface area contributed by atoms with Crippen LogP contribution in [0.5, 0.6) is 5.75 Å². The van der Waals surface area contributed by atoms with Gasteiger partial charge in [-0.05, 0) is 44.2 Å². The first-order valence-corrected chi connectivity index (χ1v) is 11.1. The van der Waals surface area contributed by atoms with Crippen molar-refractivity contribution in [3.05, 3.63) is 35.9 Å². The lowest BCUT2D eigenvalue weighted by molar-refractivity contribution is 0.0822. The number of aromatic nitrogens is 2. The van der Waals surface area contributed by atoms with Crippen molar-refractivity contribution in [2.45, 2.75) is 62.4 Å². The molecule has 2 aliphatic heterocycles. The van der Waals surface area contributed by atoms with Crippen LogP contribution in [0, 0.1) is 5.82 Å². The van der Waals surface area contributed by atoms with Crippen molar-refractivity contribution < 1.29 is 18.7 Å². The minimum atomic E-state index is -0.962. The number of fused-ring (bicyclic) bond motifs is 2. The van der Waals surface area contributed by atoms with Crippen molar-refractivity contribution in [3.8, 4) is 17.0 Å². The minimum absolute atomic E-state index is 0.101. The summed E-state index contributed by atoms with van der Waals surface area (Å²) >= 11 is 0. The maximum atomic E-state index is 15.2. The number of nitrogens with one attached hydrogen (secondary N) is 1. The van der Waals surface area contributed by atoms with E-state index >= 15 is 4.39 Å². The average molecular weight is 443 g/mol. The van der Waals surface area contributed by atoms with Crippen LogP contribution in [-0.2, 0) is 0 Å². The molecule has 2 bridgehead atoms. The molecule has 0 unspecified atom stereocenters. The lowest BCUT2D eigenvalue weighted by atomic mass is 9.96. The molecule has 9 heteroatoms. The number of piperidine rings is 1. The molecule has 2 aromatic rings. The summed E-state index contributed by atoms with van der Waals surface area (Å²) in [5.41, 5.74) is 0.222. The number of carbonyl (C=O) groups excluding carboxylic acids is 1. The Bertz CT molecular complexity index is 1030. The number of aromatic hydroxyl groups is 1. The van der Waals surface area contributed by atoms with Gasteiger partial charge in [-0.1, -0.05) is 0 Å². The third-order valence-corrected chi connectivity index (χ3v) is 6.75. The van der Waals surface area contributed by atoms with Gasteiger partial charge in [0.05, 0.1) is 29.7 Å². The normalized spacial score (nSPS) is 26.8. The molecular formula is C23H27F2N5O2. The number of phenolic OH excluding ortho intramolecular Hbond substituents is 1. The Morgan fingerprint density at radius 1 is 1.16 bits per heavy atom. The van der Waals surface area contributed by atoms with Crippen LogP contribution in [0.2, 0.25) is 0 Å². The fraction of sp³-hybridized carbons (Fsp3) is 0.522. The Morgan fingerprint density at radius 2 is 1.94 bits per heavy atom. The topological polar surface area (TPSA) is 81.6 Å². The fourth-order valence-corrected chi connectivity index (χ4v) is 4.99. The first-order valence-electron chi connectivity index (χ1n) is 11.1. The van der Waals surface area contributed by atoms with Crippen LogP contribution in [0.1, 0.15) is 42.5 Å². The number of hydrogen-bond donors (Lipinski definition) is 2. The molecule has 170 valence electrons. The molecule has 5 rings (SSSR count). The van der Waals surface area contributed by atoms with E-state index in [9.17, 15) is 14.3 Å². The van der Waals surface area contributed by atoms with Gasteiger partial charge in [0.15, 0.2) is 0 Å². The molecular weight excluding hydrogens is 416 g/mol. The molecule has 1 aromatic carbocycles. The number of benzene rings is 1. The summed E-state index contributed by atoms with van der Waals surface area (Å²) in [7, 11) is 3.02. The van der Waals surface area contributed by atoms with E-state index in [4.69, 9.17) is 0 Å². The summed E-state index contributed by atoms with van der Waals surface area (Å²) in [4.78, 5) is 24.3. The van der Waals surface area contributed by atoms with Gasteiger partial charge in [-0.3, -0.25) is 9.78 Å². The lowest BCUT2D eigenvalue weighted by Gasteiger charge is -2.41. The van der Waals surface area contributed by atoms with Gasteiger partial charge in [-0.2, -0.15) is 0 Å². The highest BCUT2D eigenvalue weighted by atomic mass is 19.1. The number of carbonyl (C=O) groups is 1. The van der Waals surface area contributed by atoms with Crippen molar-refractivity contribution in [3.63, 3.8) is 0 Å². The van der Waals surface area contributed by atoms with E-state index in [0.717, 1.165) is 44.2 Å². The largest absolute Gasteiger partial charge is 0.507 e. The number of anilines is 1. The molecule has 2 N–H and O–H groups in total. The molecule has 0 radical (unpaired) electrons. The van der Waals surface area contributed by atoms with Crippen molar-refractivity contribution >= 4 is 11.7 Å². The summed E-state index contributed by atoms with van der Waals surface area (Å²) in [6, 6.07) is 2.47. The van der Waals surface area contributed by atoms with Crippen LogP contribution in [0.3, 0.4) is 0 Å². The van der Waals surface area contributed by atoms with Gasteiger partial charge in [0, 0.05) is 37.8 Å². The van der Waals surface area contributed by atoms with Crippen LogP contribution in [0.4, 0.5) is 14.6 Å². The first kappa shape index (κ1) is 21.1. The summed E-state index contributed by atoms with van der Waals surface area (Å²) < 4.78 is 29.8. The monoisotopic (exact) mass is 443 g/mol. The SMILES string of the molecule is CN(C)C(=O)c1cc(O)c(-c2cnc(N(C3CC3)[C@@H]3C[C@H]4CC[C@H](N4)[C@@H]3F)cn2)cc1F. The standard InChI is InChI=1S/C23H27F2N5O2/c1-29(2)23(32)14-9-20(31)15(8-16(14)24)18-10-27-21(11-26-18)30(13-4-5-13)19-7-12-3-6-17(28-12)22(19)25/h8-13,17,19,22,28,31H,3-7H2,1-2H3/t12-,17+,19-,22+/m1/s1. The Balaban J connectivity index is 1.42. The third-order valence-electron chi connectivity index (χ3n) is 6.75. The summed E-state index contributed by atoms with van der Waals surface area (Å²) in [6.07, 6.45) is 6.69. The molecule has 2 saturated heterocycles. The molecule has 4 atom stereocenters.